The van der Waals surface area contributed by atoms with Crippen LogP contribution < -0.4 is 0 Å². The standard InChI is InChI=1S/C30H50N2O5/c1-5-6-10-23(2)32(22-30(35-3)36-4)29(34)16-18-37-17-9-11-24-14-15-28(33)27(19-24)25-20-31(21-25)26-12-7-8-13-26/h14-15,19,23,25-26,30,33H,5-13,16-18,20-22H2,1-4H3/t23-/m1/s1. The number of carbonyl (C=O) groups excluding carboxylic acids is 1. The van der Waals surface area contributed by atoms with Crippen LogP contribution in [-0.4, -0.2) is 86.3 Å². The van der Waals surface area contributed by atoms with Gasteiger partial charge in [0.15, 0.2) is 6.29 Å². The number of methoxy groups -OCH3 is 2. The first-order valence-electron chi connectivity index (χ1n) is 14.4. The zero-order chi connectivity index (χ0) is 26.6. The van der Waals surface area contributed by atoms with Gasteiger partial charge < -0.3 is 24.2 Å². The summed E-state index contributed by atoms with van der Waals surface area (Å²) in [6, 6.07) is 6.97. The predicted molar refractivity (Wildman–Crippen MR) is 147 cm³/mol. The first-order chi connectivity index (χ1) is 18.0. The summed E-state index contributed by atoms with van der Waals surface area (Å²) in [6.07, 6.45) is 10.3. The van der Waals surface area contributed by atoms with Gasteiger partial charge in [-0.15, -0.1) is 0 Å². The molecule has 1 amide bonds. The average molecular weight is 519 g/mol. The molecule has 7 heteroatoms. The molecule has 37 heavy (non-hydrogen) atoms. The number of carbonyl (C=O) groups is 1. The lowest BCUT2D eigenvalue weighted by Gasteiger charge is -2.43. The Balaban J connectivity index is 1.38. The molecular weight excluding hydrogens is 468 g/mol. The lowest BCUT2D eigenvalue weighted by Crippen LogP contribution is -2.49. The van der Waals surface area contributed by atoms with Gasteiger partial charge in [-0.2, -0.15) is 0 Å². The third kappa shape index (κ3) is 8.95. The summed E-state index contributed by atoms with van der Waals surface area (Å²) in [6.45, 7) is 7.87. The molecule has 1 saturated carbocycles. The minimum Gasteiger partial charge on any atom is -0.508 e. The second kappa shape index (κ2) is 15.7. The van der Waals surface area contributed by atoms with E-state index >= 15 is 0 Å². The quantitative estimate of drug-likeness (QED) is 0.229. The van der Waals surface area contributed by atoms with Crippen LogP contribution >= 0.6 is 0 Å². The van der Waals surface area contributed by atoms with Gasteiger partial charge in [0, 0.05) is 51.9 Å². The Morgan fingerprint density at radius 3 is 2.54 bits per heavy atom. The van der Waals surface area contributed by atoms with Crippen LogP contribution in [-0.2, 0) is 25.4 Å². The summed E-state index contributed by atoms with van der Waals surface area (Å²) >= 11 is 0. The van der Waals surface area contributed by atoms with E-state index in [1.54, 1.807) is 14.2 Å². The van der Waals surface area contributed by atoms with E-state index in [-0.39, 0.29) is 11.9 Å². The molecule has 2 aliphatic rings. The molecule has 1 aliphatic heterocycles. The smallest absolute Gasteiger partial charge is 0.225 e. The van der Waals surface area contributed by atoms with Gasteiger partial charge in [0.05, 0.1) is 19.6 Å². The molecule has 0 radical (unpaired) electrons. The van der Waals surface area contributed by atoms with Crippen molar-refractivity contribution in [1.29, 1.82) is 0 Å². The largest absolute Gasteiger partial charge is 0.508 e. The monoisotopic (exact) mass is 518 g/mol. The maximum absolute atomic E-state index is 13.0. The van der Waals surface area contributed by atoms with Gasteiger partial charge in [-0.1, -0.05) is 44.7 Å². The van der Waals surface area contributed by atoms with Crippen LogP contribution in [0.3, 0.4) is 0 Å². The highest BCUT2D eigenvalue weighted by atomic mass is 16.7. The summed E-state index contributed by atoms with van der Waals surface area (Å²) in [5.41, 5.74) is 2.34. The lowest BCUT2D eigenvalue weighted by molar-refractivity contribution is -0.150. The predicted octanol–water partition coefficient (Wildman–Crippen LogP) is 5.10. The first-order valence-corrected chi connectivity index (χ1v) is 14.4. The van der Waals surface area contributed by atoms with Gasteiger partial charge in [0.2, 0.25) is 5.91 Å². The number of rotatable bonds is 17. The zero-order valence-corrected chi connectivity index (χ0v) is 23.6. The molecule has 1 heterocycles. The third-order valence-electron chi connectivity index (χ3n) is 8.20. The number of amides is 1. The number of hydrogen-bond donors (Lipinski definition) is 1. The molecule has 7 nitrogen and oxygen atoms in total. The number of phenolic OH excluding ortho intramolecular Hbond substituents is 1. The van der Waals surface area contributed by atoms with Crippen molar-refractivity contribution in [1.82, 2.24) is 9.80 Å². The molecule has 1 aliphatic carbocycles. The van der Waals surface area contributed by atoms with E-state index in [1.807, 2.05) is 17.0 Å². The summed E-state index contributed by atoms with van der Waals surface area (Å²) in [4.78, 5) is 17.4. The Kier molecular flexibility index (Phi) is 12.7. The van der Waals surface area contributed by atoms with Gasteiger partial charge in [-0.25, -0.2) is 0 Å². The normalized spacial score (nSPS) is 17.9. The number of phenols is 1. The van der Waals surface area contributed by atoms with Crippen molar-refractivity contribution in [3.05, 3.63) is 29.3 Å². The van der Waals surface area contributed by atoms with E-state index in [9.17, 15) is 9.90 Å². The summed E-state index contributed by atoms with van der Waals surface area (Å²) in [5.74, 6) is 0.954. The number of likely N-dealkylation sites (tertiary alicyclic amines) is 1. The van der Waals surface area contributed by atoms with E-state index in [0.29, 0.717) is 37.8 Å². The molecule has 1 atom stereocenters. The zero-order valence-electron chi connectivity index (χ0n) is 23.6. The maximum Gasteiger partial charge on any atom is 0.225 e. The van der Waals surface area contributed by atoms with Gasteiger partial charge in [0.25, 0.3) is 0 Å². The molecule has 0 bridgehead atoms. The molecule has 0 unspecified atom stereocenters. The number of hydrogen-bond acceptors (Lipinski definition) is 6. The van der Waals surface area contributed by atoms with Crippen LogP contribution in [0.2, 0.25) is 0 Å². The fourth-order valence-corrected chi connectivity index (χ4v) is 5.74. The Bertz CT molecular complexity index is 803. The molecule has 3 rings (SSSR count). The molecule has 2 fully saturated rings. The van der Waals surface area contributed by atoms with Gasteiger partial charge in [0.1, 0.15) is 5.75 Å². The number of nitrogens with zero attached hydrogens (tertiary/aromatic N) is 2. The van der Waals surface area contributed by atoms with Gasteiger partial charge in [-0.3, -0.25) is 9.69 Å². The van der Waals surface area contributed by atoms with Crippen molar-refractivity contribution in [3.8, 4) is 5.75 Å². The first kappa shape index (κ1) is 29.9. The van der Waals surface area contributed by atoms with Crippen LogP contribution in [0, 0.1) is 0 Å². The summed E-state index contributed by atoms with van der Waals surface area (Å²) in [7, 11) is 3.20. The topological polar surface area (TPSA) is 71.5 Å². The van der Waals surface area contributed by atoms with Crippen molar-refractivity contribution in [2.75, 3.05) is 47.1 Å². The molecule has 1 aromatic carbocycles. The SMILES string of the molecule is CCCC[C@@H](C)N(CC(OC)OC)C(=O)CCOCCCc1ccc(O)c(C2CN(C3CCCC3)C2)c1. The maximum atomic E-state index is 13.0. The van der Waals surface area contributed by atoms with Crippen LogP contribution in [0.1, 0.15) is 88.7 Å². The third-order valence-corrected chi connectivity index (χ3v) is 8.20. The molecular formula is C30H50N2O5. The van der Waals surface area contributed by atoms with Crippen LogP contribution in [0.4, 0.5) is 0 Å². The molecule has 1 aromatic rings. The van der Waals surface area contributed by atoms with Crippen LogP contribution in [0.5, 0.6) is 5.75 Å². The Morgan fingerprint density at radius 2 is 1.86 bits per heavy atom. The number of aryl methyl sites for hydroxylation is 1. The lowest BCUT2D eigenvalue weighted by atomic mass is 9.87. The van der Waals surface area contributed by atoms with E-state index in [4.69, 9.17) is 14.2 Å². The van der Waals surface area contributed by atoms with Crippen molar-refractivity contribution in [3.63, 3.8) is 0 Å². The highest BCUT2D eigenvalue weighted by Crippen LogP contribution is 2.37. The average Bonchev–Trinajstić information content (AvgIpc) is 3.40. The Morgan fingerprint density at radius 1 is 1.14 bits per heavy atom. The van der Waals surface area contributed by atoms with Crippen LogP contribution in [0.15, 0.2) is 18.2 Å². The van der Waals surface area contributed by atoms with E-state index in [1.165, 1.54) is 31.2 Å². The highest BCUT2D eigenvalue weighted by molar-refractivity contribution is 5.76. The number of unbranched alkanes of at least 4 members (excludes halogenated alkanes) is 1. The highest BCUT2D eigenvalue weighted by Gasteiger charge is 2.35. The molecule has 0 aromatic heterocycles. The summed E-state index contributed by atoms with van der Waals surface area (Å²) < 4.78 is 16.5. The van der Waals surface area contributed by atoms with Crippen LogP contribution in [0.25, 0.3) is 0 Å². The van der Waals surface area contributed by atoms with Crippen molar-refractivity contribution < 1.29 is 24.1 Å². The number of benzene rings is 1. The Labute approximate surface area is 224 Å². The van der Waals surface area contributed by atoms with Gasteiger partial charge >= 0.3 is 0 Å². The second-order valence-electron chi connectivity index (χ2n) is 10.9. The van der Waals surface area contributed by atoms with Gasteiger partial charge in [-0.05, 0) is 56.2 Å². The molecule has 210 valence electrons. The molecule has 0 spiro atoms. The number of ether oxygens (including phenoxy) is 3. The van der Waals surface area contributed by atoms with E-state index in [2.05, 4.69) is 24.8 Å². The molecule has 1 N–H and O–H groups in total. The van der Waals surface area contributed by atoms with E-state index in [0.717, 1.165) is 56.8 Å². The van der Waals surface area contributed by atoms with Crippen molar-refractivity contribution >= 4 is 5.91 Å². The fourth-order valence-electron chi connectivity index (χ4n) is 5.74. The molecule has 1 saturated heterocycles. The fraction of sp³-hybridized carbons (Fsp3) is 0.767. The Hall–Kier alpha value is -1.67. The minimum absolute atomic E-state index is 0.0815. The summed E-state index contributed by atoms with van der Waals surface area (Å²) in [5, 5.41) is 10.4. The minimum atomic E-state index is -0.421. The van der Waals surface area contributed by atoms with Crippen molar-refractivity contribution in [2.24, 2.45) is 0 Å². The second-order valence-corrected chi connectivity index (χ2v) is 10.9. The van der Waals surface area contributed by atoms with E-state index < -0.39 is 6.29 Å². The number of aromatic hydroxyl groups is 1. The van der Waals surface area contributed by atoms with Crippen molar-refractivity contribution in [2.45, 2.75) is 102 Å².